The number of halogens is 1. The standard InChI is InChI=1S/C10H16ClN5O2S/c1-2-3-13-6-14(8-15(7-13)16(17)18)5-9-4-12-10(11)19-9/h4H,2-3,5-8H2,1H3. The quantitative estimate of drug-likeness (QED) is 0.609. The SMILES string of the molecule is CCCN1CN(Cc2cnc(Cl)s2)CN([N+](=O)[O-])C1. The highest BCUT2D eigenvalue weighted by Crippen LogP contribution is 2.20. The highest BCUT2D eigenvalue weighted by atomic mass is 35.5. The van der Waals surface area contributed by atoms with Gasteiger partial charge >= 0.3 is 0 Å². The van der Waals surface area contributed by atoms with E-state index in [-0.39, 0.29) is 5.03 Å². The Hall–Kier alpha value is -0.960. The zero-order valence-corrected chi connectivity index (χ0v) is 12.2. The average Bonchev–Trinajstić information content (AvgIpc) is 2.75. The van der Waals surface area contributed by atoms with E-state index in [1.807, 2.05) is 4.90 Å². The van der Waals surface area contributed by atoms with Crippen molar-refractivity contribution in [2.75, 3.05) is 26.6 Å². The summed E-state index contributed by atoms with van der Waals surface area (Å²) in [5.74, 6) is 0. The minimum atomic E-state index is -0.339. The maximum absolute atomic E-state index is 11.0. The second-order valence-electron chi connectivity index (χ2n) is 4.47. The highest BCUT2D eigenvalue weighted by molar-refractivity contribution is 7.15. The Labute approximate surface area is 120 Å². The Morgan fingerprint density at radius 1 is 1.47 bits per heavy atom. The molecule has 7 nitrogen and oxygen atoms in total. The molecule has 19 heavy (non-hydrogen) atoms. The number of aromatic nitrogens is 1. The second-order valence-corrected chi connectivity index (χ2v) is 6.17. The van der Waals surface area contributed by atoms with Crippen LogP contribution in [0.1, 0.15) is 18.2 Å². The van der Waals surface area contributed by atoms with Crippen LogP contribution in [0, 0.1) is 10.1 Å². The third-order valence-electron chi connectivity index (χ3n) is 2.80. The molecule has 0 radical (unpaired) electrons. The van der Waals surface area contributed by atoms with Gasteiger partial charge in [-0.25, -0.2) is 15.1 Å². The van der Waals surface area contributed by atoms with Crippen LogP contribution in [0.25, 0.3) is 0 Å². The van der Waals surface area contributed by atoms with E-state index in [1.54, 1.807) is 6.20 Å². The van der Waals surface area contributed by atoms with E-state index in [4.69, 9.17) is 11.6 Å². The predicted molar refractivity (Wildman–Crippen MR) is 73.1 cm³/mol. The molecule has 0 bridgehead atoms. The summed E-state index contributed by atoms with van der Waals surface area (Å²) in [5.41, 5.74) is 0. The zero-order chi connectivity index (χ0) is 13.8. The van der Waals surface area contributed by atoms with Crippen LogP contribution in [-0.4, -0.2) is 51.4 Å². The van der Waals surface area contributed by atoms with E-state index in [0.717, 1.165) is 24.5 Å². The van der Waals surface area contributed by atoms with Gasteiger partial charge in [0.2, 0.25) is 0 Å². The highest BCUT2D eigenvalue weighted by Gasteiger charge is 2.28. The largest absolute Gasteiger partial charge is 0.268 e. The number of hydrogen-bond donors (Lipinski definition) is 0. The third kappa shape index (κ3) is 4.00. The molecule has 2 rings (SSSR count). The fourth-order valence-electron chi connectivity index (χ4n) is 2.12. The summed E-state index contributed by atoms with van der Waals surface area (Å²) in [7, 11) is 0. The first kappa shape index (κ1) is 14.4. The van der Waals surface area contributed by atoms with Crippen molar-refractivity contribution in [3.05, 3.63) is 25.7 Å². The van der Waals surface area contributed by atoms with Crippen LogP contribution in [0.3, 0.4) is 0 Å². The monoisotopic (exact) mass is 305 g/mol. The van der Waals surface area contributed by atoms with E-state index in [2.05, 4.69) is 16.8 Å². The van der Waals surface area contributed by atoms with Crippen LogP contribution in [0.2, 0.25) is 4.47 Å². The van der Waals surface area contributed by atoms with E-state index < -0.39 is 0 Å². The van der Waals surface area contributed by atoms with Crippen LogP contribution in [0.15, 0.2) is 6.20 Å². The first-order chi connectivity index (χ1) is 9.08. The summed E-state index contributed by atoms with van der Waals surface area (Å²) in [6.07, 6.45) is 2.70. The summed E-state index contributed by atoms with van der Waals surface area (Å²) in [6.45, 7) is 4.98. The molecule has 1 aromatic rings. The lowest BCUT2D eigenvalue weighted by molar-refractivity contribution is -0.668. The maximum atomic E-state index is 11.0. The van der Waals surface area contributed by atoms with Crippen molar-refractivity contribution < 1.29 is 5.03 Å². The summed E-state index contributed by atoms with van der Waals surface area (Å²) < 4.78 is 0.503. The number of hydrazine groups is 1. The molecule has 1 aliphatic rings. The summed E-state index contributed by atoms with van der Waals surface area (Å²) in [6, 6.07) is 0. The zero-order valence-electron chi connectivity index (χ0n) is 10.7. The summed E-state index contributed by atoms with van der Waals surface area (Å²) in [4.78, 5) is 20.0. The molecule has 0 atom stereocenters. The van der Waals surface area contributed by atoms with Gasteiger partial charge in [0.25, 0.3) is 0 Å². The number of thiazole rings is 1. The van der Waals surface area contributed by atoms with Crippen molar-refractivity contribution in [1.29, 1.82) is 0 Å². The van der Waals surface area contributed by atoms with Crippen LogP contribution < -0.4 is 0 Å². The average molecular weight is 306 g/mol. The molecule has 0 amide bonds. The van der Waals surface area contributed by atoms with Crippen LogP contribution in [0.5, 0.6) is 0 Å². The lowest BCUT2D eigenvalue weighted by Crippen LogP contribution is -2.56. The van der Waals surface area contributed by atoms with Crippen molar-refractivity contribution in [2.45, 2.75) is 19.9 Å². The minimum Gasteiger partial charge on any atom is -0.268 e. The normalized spacial score (nSPS) is 17.9. The van der Waals surface area contributed by atoms with Gasteiger partial charge in [-0.2, -0.15) is 0 Å². The number of hydrogen-bond acceptors (Lipinski definition) is 6. The van der Waals surface area contributed by atoms with Gasteiger partial charge in [-0.1, -0.05) is 23.5 Å². The molecule has 0 aromatic carbocycles. The maximum Gasteiger partial charge on any atom is 0.183 e. The van der Waals surface area contributed by atoms with Crippen LogP contribution >= 0.6 is 22.9 Å². The van der Waals surface area contributed by atoms with Gasteiger partial charge < -0.3 is 0 Å². The molecule has 0 unspecified atom stereocenters. The van der Waals surface area contributed by atoms with Crippen molar-refractivity contribution in [2.24, 2.45) is 0 Å². The van der Waals surface area contributed by atoms with Gasteiger partial charge in [0, 0.05) is 24.2 Å². The molecule has 0 N–H and O–H groups in total. The molecule has 106 valence electrons. The second kappa shape index (κ2) is 6.47. The molecule has 1 aromatic heterocycles. The lowest BCUT2D eigenvalue weighted by atomic mass is 10.4. The molecule has 2 heterocycles. The summed E-state index contributed by atoms with van der Waals surface area (Å²) in [5, 5.41) is 11.8. The lowest BCUT2D eigenvalue weighted by Gasteiger charge is -2.37. The van der Waals surface area contributed by atoms with E-state index in [1.165, 1.54) is 16.3 Å². The van der Waals surface area contributed by atoms with Crippen molar-refractivity contribution in [3.8, 4) is 0 Å². The molecule has 1 saturated heterocycles. The Morgan fingerprint density at radius 2 is 2.21 bits per heavy atom. The van der Waals surface area contributed by atoms with Crippen LogP contribution in [-0.2, 0) is 6.54 Å². The van der Waals surface area contributed by atoms with E-state index in [9.17, 15) is 10.1 Å². The van der Waals surface area contributed by atoms with Crippen molar-refractivity contribution in [1.82, 2.24) is 19.8 Å². The molecule has 0 saturated carbocycles. The van der Waals surface area contributed by atoms with E-state index >= 15 is 0 Å². The fraction of sp³-hybridized carbons (Fsp3) is 0.700. The van der Waals surface area contributed by atoms with Crippen molar-refractivity contribution in [3.63, 3.8) is 0 Å². The third-order valence-corrected chi connectivity index (χ3v) is 3.90. The Bertz CT molecular complexity index is 443. The fourth-order valence-corrected chi connectivity index (χ4v) is 3.14. The number of rotatable bonds is 5. The molecule has 9 heteroatoms. The predicted octanol–water partition coefficient (Wildman–Crippen LogP) is 1.69. The Morgan fingerprint density at radius 3 is 2.79 bits per heavy atom. The minimum absolute atomic E-state index is 0.322. The molecule has 0 aliphatic carbocycles. The van der Waals surface area contributed by atoms with Gasteiger partial charge in [-0.15, -0.1) is 11.3 Å². The van der Waals surface area contributed by atoms with Crippen molar-refractivity contribution >= 4 is 22.9 Å². The number of nitrogens with zero attached hydrogens (tertiary/aromatic N) is 5. The van der Waals surface area contributed by atoms with Gasteiger partial charge in [0.15, 0.2) is 9.50 Å². The molecule has 1 aliphatic heterocycles. The Kier molecular flexibility index (Phi) is 4.92. The topological polar surface area (TPSA) is 65.8 Å². The molecular weight excluding hydrogens is 290 g/mol. The van der Waals surface area contributed by atoms with Crippen LogP contribution in [0.4, 0.5) is 0 Å². The van der Waals surface area contributed by atoms with Gasteiger partial charge in [0.05, 0.1) is 6.67 Å². The number of nitro groups is 1. The summed E-state index contributed by atoms with van der Waals surface area (Å²) >= 11 is 7.21. The van der Waals surface area contributed by atoms with Gasteiger partial charge in [0.1, 0.15) is 13.3 Å². The molecule has 1 fully saturated rings. The first-order valence-electron chi connectivity index (χ1n) is 6.02. The van der Waals surface area contributed by atoms with E-state index in [0.29, 0.717) is 24.3 Å². The first-order valence-corrected chi connectivity index (χ1v) is 7.22. The molecular formula is C10H16ClN5O2S. The molecule has 0 spiro atoms. The smallest absolute Gasteiger partial charge is 0.183 e. The van der Waals surface area contributed by atoms with Gasteiger partial charge in [-0.3, -0.25) is 9.80 Å². The van der Waals surface area contributed by atoms with Gasteiger partial charge in [-0.05, 0) is 6.42 Å². The Balaban J connectivity index is 2.00.